The van der Waals surface area contributed by atoms with Gasteiger partial charge in [-0.15, -0.1) is 0 Å². The maximum atomic E-state index is 5.53. The highest BCUT2D eigenvalue weighted by atomic mass is 32.2. The van der Waals surface area contributed by atoms with Crippen LogP contribution < -0.4 is 0 Å². The number of thioether (sulfide) groups is 1. The highest BCUT2D eigenvalue weighted by molar-refractivity contribution is 7.99. The van der Waals surface area contributed by atoms with Gasteiger partial charge in [0, 0.05) is 25.5 Å². The lowest BCUT2D eigenvalue weighted by atomic mass is 10.4. The fraction of sp³-hybridized carbons (Fsp3) is 1.00. The Morgan fingerprint density at radius 2 is 2.00 bits per heavy atom. The number of hydrogen-bond acceptors (Lipinski definition) is 4. The van der Waals surface area contributed by atoms with E-state index in [9.17, 15) is 0 Å². The van der Waals surface area contributed by atoms with Crippen molar-refractivity contribution in [2.24, 2.45) is 0 Å². The molecule has 0 aliphatic heterocycles. The van der Waals surface area contributed by atoms with Gasteiger partial charge in [-0.25, -0.2) is 0 Å². The maximum absolute atomic E-state index is 5.53. The summed E-state index contributed by atoms with van der Waals surface area (Å²) < 4.78 is 10.9. The average Bonchev–Trinajstić information content (AvgIpc) is 2.22. The van der Waals surface area contributed by atoms with Gasteiger partial charge in [0.25, 0.3) is 0 Å². The van der Waals surface area contributed by atoms with Gasteiger partial charge in [0.05, 0.1) is 12.7 Å². The molecule has 0 rings (SSSR count). The fourth-order valence-corrected chi connectivity index (χ4v) is 2.21. The van der Waals surface area contributed by atoms with Crippen molar-refractivity contribution in [1.29, 1.82) is 0 Å². The van der Waals surface area contributed by atoms with E-state index in [2.05, 4.69) is 25.9 Å². The minimum absolute atomic E-state index is 0.228. The monoisotopic (exact) mass is 249 g/mol. The highest BCUT2D eigenvalue weighted by Crippen LogP contribution is 2.02. The summed E-state index contributed by atoms with van der Waals surface area (Å²) in [7, 11) is 4.22. The molecule has 3 nitrogen and oxygen atoms in total. The number of nitrogens with zero attached hydrogens (tertiary/aromatic N) is 1. The third kappa shape index (κ3) is 12.3. The summed E-state index contributed by atoms with van der Waals surface area (Å²) in [6.45, 7) is 7.56. The van der Waals surface area contributed by atoms with Crippen LogP contribution in [0.2, 0.25) is 0 Å². The largest absolute Gasteiger partial charge is 0.379 e. The second kappa shape index (κ2) is 11.7. The maximum Gasteiger partial charge on any atom is 0.0780 e. The van der Waals surface area contributed by atoms with Crippen LogP contribution in [0.25, 0.3) is 0 Å². The van der Waals surface area contributed by atoms with E-state index in [-0.39, 0.29) is 6.10 Å². The van der Waals surface area contributed by atoms with E-state index in [1.54, 1.807) is 0 Å². The van der Waals surface area contributed by atoms with Crippen LogP contribution >= 0.6 is 11.8 Å². The van der Waals surface area contributed by atoms with Crippen LogP contribution in [0.3, 0.4) is 0 Å². The van der Waals surface area contributed by atoms with E-state index in [1.165, 1.54) is 11.5 Å². The Hall–Kier alpha value is 0.230. The second-order valence-corrected chi connectivity index (χ2v) is 5.33. The number of ether oxygens (including phenoxy) is 2. The van der Waals surface area contributed by atoms with Gasteiger partial charge < -0.3 is 14.4 Å². The van der Waals surface area contributed by atoms with Crippen molar-refractivity contribution in [3.8, 4) is 0 Å². The van der Waals surface area contributed by atoms with Gasteiger partial charge in [0.1, 0.15) is 0 Å². The molecule has 0 fully saturated rings. The molecule has 0 amide bonds. The Bertz CT molecular complexity index is 145. The van der Waals surface area contributed by atoms with E-state index in [0.29, 0.717) is 0 Å². The van der Waals surface area contributed by atoms with E-state index in [0.717, 1.165) is 32.8 Å². The Morgan fingerprint density at radius 3 is 2.62 bits per heavy atom. The summed E-state index contributed by atoms with van der Waals surface area (Å²) in [6.07, 6.45) is 1.36. The number of rotatable bonds is 11. The van der Waals surface area contributed by atoms with Gasteiger partial charge in [-0.1, -0.05) is 0 Å². The quantitative estimate of drug-likeness (QED) is 0.523. The minimum atomic E-state index is 0.228. The van der Waals surface area contributed by atoms with Crippen molar-refractivity contribution < 1.29 is 9.47 Å². The topological polar surface area (TPSA) is 21.7 Å². The summed E-state index contributed by atoms with van der Waals surface area (Å²) in [6, 6.07) is 0. The molecule has 4 heteroatoms. The molecule has 0 aromatic heterocycles. The summed E-state index contributed by atoms with van der Waals surface area (Å²) in [5.41, 5.74) is 0. The van der Waals surface area contributed by atoms with Gasteiger partial charge in [-0.2, -0.15) is 11.8 Å². The third-order valence-electron chi connectivity index (χ3n) is 2.06. The van der Waals surface area contributed by atoms with Crippen LogP contribution in [0, 0.1) is 0 Å². The molecule has 0 aromatic rings. The predicted octanol–water partition coefficient (Wildman–Crippen LogP) is 2.11. The van der Waals surface area contributed by atoms with E-state index in [4.69, 9.17) is 9.47 Å². The zero-order chi connectivity index (χ0) is 12.2. The van der Waals surface area contributed by atoms with Crippen LogP contribution in [0.15, 0.2) is 0 Å². The molecule has 0 saturated heterocycles. The molecular formula is C12H27NO2S. The standard InChI is InChI=1S/C12H27NO2S/c1-5-15-12(2)11-14-8-6-9-16-10-7-13(3)4/h12H,5-11H2,1-4H3. The first kappa shape index (κ1) is 16.2. The van der Waals surface area contributed by atoms with Crippen molar-refractivity contribution in [1.82, 2.24) is 4.90 Å². The summed E-state index contributed by atoms with van der Waals surface area (Å²) in [5.74, 6) is 2.40. The van der Waals surface area contributed by atoms with E-state index in [1.807, 2.05) is 18.7 Å². The van der Waals surface area contributed by atoms with Crippen molar-refractivity contribution in [2.45, 2.75) is 26.4 Å². The Balaban J connectivity index is 3.04. The lowest BCUT2D eigenvalue weighted by molar-refractivity contribution is -0.00106. The first-order valence-electron chi connectivity index (χ1n) is 6.08. The minimum Gasteiger partial charge on any atom is -0.379 e. The molecule has 0 saturated carbocycles. The lowest BCUT2D eigenvalue weighted by Crippen LogP contribution is -2.16. The molecule has 0 aliphatic carbocycles. The molecule has 0 heterocycles. The first-order chi connectivity index (χ1) is 7.66. The Morgan fingerprint density at radius 1 is 1.25 bits per heavy atom. The molecule has 0 N–H and O–H groups in total. The van der Waals surface area contributed by atoms with Gasteiger partial charge in [0.15, 0.2) is 0 Å². The Labute approximate surface area is 105 Å². The lowest BCUT2D eigenvalue weighted by Gasteiger charge is -2.12. The molecule has 0 aromatic carbocycles. The molecule has 1 atom stereocenters. The summed E-state index contributed by atoms with van der Waals surface area (Å²) in [4.78, 5) is 2.22. The van der Waals surface area contributed by atoms with Crippen molar-refractivity contribution in [2.75, 3.05) is 52.0 Å². The SMILES string of the molecule is CCOC(C)COCCCSCCN(C)C. The molecule has 0 aliphatic rings. The normalized spacial score (nSPS) is 13.3. The molecule has 16 heavy (non-hydrogen) atoms. The average molecular weight is 249 g/mol. The highest BCUT2D eigenvalue weighted by Gasteiger charge is 2.00. The molecular weight excluding hydrogens is 222 g/mol. The van der Waals surface area contributed by atoms with Gasteiger partial charge in [-0.3, -0.25) is 0 Å². The van der Waals surface area contributed by atoms with Crippen molar-refractivity contribution >= 4 is 11.8 Å². The molecule has 0 spiro atoms. The van der Waals surface area contributed by atoms with Crippen LogP contribution in [0.4, 0.5) is 0 Å². The molecule has 0 radical (unpaired) electrons. The summed E-state index contributed by atoms with van der Waals surface area (Å²) in [5, 5.41) is 0. The van der Waals surface area contributed by atoms with Gasteiger partial charge in [0.2, 0.25) is 0 Å². The zero-order valence-corrected chi connectivity index (χ0v) is 12.0. The van der Waals surface area contributed by atoms with Crippen LogP contribution in [0.5, 0.6) is 0 Å². The summed E-state index contributed by atoms with van der Waals surface area (Å²) >= 11 is 2.00. The molecule has 98 valence electrons. The fourth-order valence-electron chi connectivity index (χ4n) is 1.19. The van der Waals surface area contributed by atoms with Gasteiger partial charge in [-0.05, 0) is 40.1 Å². The van der Waals surface area contributed by atoms with E-state index >= 15 is 0 Å². The molecule has 0 bridgehead atoms. The Kier molecular flexibility index (Phi) is 11.9. The van der Waals surface area contributed by atoms with E-state index < -0.39 is 0 Å². The van der Waals surface area contributed by atoms with Crippen LogP contribution in [0.1, 0.15) is 20.3 Å². The first-order valence-corrected chi connectivity index (χ1v) is 7.24. The van der Waals surface area contributed by atoms with Crippen LogP contribution in [-0.4, -0.2) is 63.0 Å². The van der Waals surface area contributed by atoms with Crippen molar-refractivity contribution in [3.63, 3.8) is 0 Å². The van der Waals surface area contributed by atoms with Gasteiger partial charge >= 0.3 is 0 Å². The predicted molar refractivity (Wildman–Crippen MR) is 72.4 cm³/mol. The molecule has 1 unspecified atom stereocenters. The smallest absolute Gasteiger partial charge is 0.0780 e. The van der Waals surface area contributed by atoms with Crippen molar-refractivity contribution in [3.05, 3.63) is 0 Å². The second-order valence-electron chi connectivity index (χ2n) is 4.11. The zero-order valence-electron chi connectivity index (χ0n) is 11.2. The van der Waals surface area contributed by atoms with Crippen LogP contribution in [-0.2, 0) is 9.47 Å². The third-order valence-corrected chi connectivity index (χ3v) is 3.11. The number of hydrogen-bond donors (Lipinski definition) is 0.